The molecule has 0 aliphatic heterocycles. The third-order valence-electron chi connectivity index (χ3n) is 8.35. The summed E-state index contributed by atoms with van der Waals surface area (Å²) in [7, 11) is 4.77. The fourth-order valence-electron chi connectivity index (χ4n) is 6.03. The number of esters is 1. The van der Waals surface area contributed by atoms with E-state index in [0.717, 1.165) is 33.3 Å². The molecule has 0 radical (unpaired) electrons. The first kappa shape index (κ1) is 29.6. The first-order chi connectivity index (χ1) is 21.8. The van der Waals surface area contributed by atoms with Gasteiger partial charge in [-0.15, -0.1) is 0 Å². The maximum atomic E-state index is 14.0. The van der Waals surface area contributed by atoms with Gasteiger partial charge in [-0.25, -0.2) is 4.79 Å². The second-order valence-electron chi connectivity index (χ2n) is 11.0. The smallest absolute Gasteiger partial charge is 0.338 e. The SMILES string of the molecule is COc1ccc(C(=O)OCCc2c(C(c3ccc(C)cc3)c3c(O)c4ccccc4n(C)c3=O)[nH]c3ccccc23)cc1OC. The highest BCUT2D eigenvalue weighted by molar-refractivity contribution is 5.91. The second kappa shape index (κ2) is 12.2. The van der Waals surface area contributed by atoms with Crippen LogP contribution in [0.15, 0.2) is 95.8 Å². The van der Waals surface area contributed by atoms with Crippen molar-refractivity contribution in [3.63, 3.8) is 0 Å². The Morgan fingerprint density at radius 3 is 2.31 bits per heavy atom. The van der Waals surface area contributed by atoms with Gasteiger partial charge in [-0.05, 0) is 54.4 Å². The van der Waals surface area contributed by atoms with Crippen LogP contribution < -0.4 is 15.0 Å². The Hall–Kier alpha value is -5.50. The molecule has 8 heteroatoms. The number of carbonyl (C=O) groups excluding carboxylic acids is 1. The van der Waals surface area contributed by atoms with E-state index in [0.29, 0.717) is 34.4 Å². The Morgan fingerprint density at radius 2 is 1.58 bits per heavy atom. The lowest BCUT2D eigenvalue weighted by atomic mass is 9.85. The number of nitrogens with one attached hydrogen (secondary N) is 1. The first-order valence-corrected chi connectivity index (χ1v) is 14.7. The van der Waals surface area contributed by atoms with E-state index in [9.17, 15) is 14.7 Å². The molecule has 8 nitrogen and oxygen atoms in total. The zero-order valence-electron chi connectivity index (χ0n) is 25.6. The van der Waals surface area contributed by atoms with Gasteiger partial charge >= 0.3 is 5.97 Å². The monoisotopic (exact) mass is 602 g/mol. The molecule has 6 aromatic rings. The molecule has 0 aliphatic rings. The number of pyridine rings is 1. The van der Waals surface area contributed by atoms with Crippen LogP contribution in [-0.2, 0) is 18.2 Å². The van der Waals surface area contributed by atoms with E-state index in [-0.39, 0.29) is 23.5 Å². The van der Waals surface area contributed by atoms with Gasteiger partial charge < -0.3 is 28.9 Å². The maximum absolute atomic E-state index is 14.0. The summed E-state index contributed by atoms with van der Waals surface area (Å²) < 4.78 is 18.0. The fraction of sp³-hybridized carbons (Fsp3) is 0.189. The van der Waals surface area contributed by atoms with Gasteiger partial charge in [0.2, 0.25) is 0 Å². The van der Waals surface area contributed by atoms with Gasteiger partial charge in [-0.3, -0.25) is 4.79 Å². The van der Waals surface area contributed by atoms with Gasteiger partial charge in [0.25, 0.3) is 5.56 Å². The summed E-state index contributed by atoms with van der Waals surface area (Å²) in [6.07, 6.45) is 0.370. The molecule has 0 fully saturated rings. The van der Waals surface area contributed by atoms with Crippen molar-refractivity contribution < 1.29 is 24.1 Å². The number of carbonyl (C=O) groups is 1. The molecule has 0 amide bonds. The average molecular weight is 603 g/mol. The van der Waals surface area contributed by atoms with Gasteiger partial charge in [-0.1, -0.05) is 60.2 Å². The molecule has 0 bridgehead atoms. The summed E-state index contributed by atoms with van der Waals surface area (Å²) in [5, 5.41) is 13.2. The Bertz CT molecular complexity index is 2090. The van der Waals surface area contributed by atoms with Gasteiger partial charge in [0.15, 0.2) is 11.5 Å². The molecule has 45 heavy (non-hydrogen) atoms. The van der Waals surface area contributed by atoms with Crippen LogP contribution in [0.5, 0.6) is 17.2 Å². The number of nitrogens with zero attached hydrogens (tertiary/aromatic N) is 1. The van der Waals surface area contributed by atoms with Gasteiger partial charge in [0.05, 0.1) is 43.4 Å². The van der Waals surface area contributed by atoms with Crippen molar-refractivity contribution in [2.75, 3.05) is 20.8 Å². The number of aromatic hydroxyl groups is 1. The first-order valence-electron chi connectivity index (χ1n) is 14.7. The summed E-state index contributed by atoms with van der Waals surface area (Å²) >= 11 is 0. The Kier molecular flexibility index (Phi) is 8.04. The zero-order valence-corrected chi connectivity index (χ0v) is 25.6. The molecule has 0 spiro atoms. The molecule has 2 aromatic heterocycles. The predicted molar refractivity (Wildman–Crippen MR) is 175 cm³/mol. The van der Waals surface area contributed by atoms with Crippen LogP contribution in [0.3, 0.4) is 0 Å². The number of rotatable bonds is 9. The largest absolute Gasteiger partial charge is 0.507 e. The van der Waals surface area contributed by atoms with Crippen molar-refractivity contribution in [2.24, 2.45) is 7.05 Å². The molecule has 0 saturated carbocycles. The minimum atomic E-state index is -0.627. The lowest BCUT2D eigenvalue weighted by molar-refractivity contribution is 0.0509. The summed E-state index contributed by atoms with van der Waals surface area (Å²) in [6.45, 7) is 2.09. The highest BCUT2D eigenvalue weighted by Crippen LogP contribution is 2.41. The van der Waals surface area contributed by atoms with Crippen molar-refractivity contribution >= 4 is 27.8 Å². The topological polar surface area (TPSA) is 103 Å². The van der Waals surface area contributed by atoms with Crippen molar-refractivity contribution in [3.8, 4) is 17.2 Å². The van der Waals surface area contributed by atoms with Crippen LogP contribution in [0.1, 0.15) is 44.2 Å². The quantitative estimate of drug-likeness (QED) is 0.180. The summed E-state index contributed by atoms with van der Waals surface area (Å²) in [5.41, 5.74) is 5.42. The van der Waals surface area contributed by atoms with Crippen molar-refractivity contribution in [1.29, 1.82) is 0 Å². The van der Waals surface area contributed by atoms with Crippen molar-refractivity contribution in [1.82, 2.24) is 9.55 Å². The Labute approximate surface area is 260 Å². The van der Waals surface area contributed by atoms with Gasteiger partial charge in [-0.2, -0.15) is 0 Å². The van der Waals surface area contributed by atoms with Crippen LogP contribution in [-0.4, -0.2) is 41.5 Å². The van der Waals surface area contributed by atoms with E-state index < -0.39 is 11.9 Å². The maximum Gasteiger partial charge on any atom is 0.338 e. The summed E-state index contributed by atoms with van der Waals surface area (Å²) in [6, 6.07) is 28.1. The number of benzene rings is 4. The molecule has 228 valence electrons. The van der Waals surface area contributed by atoms with Gasteiger partial charge in [0, 0.05) is 35.5 Å². The molecule has 1 unspecified atom stereocenters. The molecule has 2 heterocycles. The number of hydrogen-bond donors (Lipinski definition) is 2. The number of aromatic nitrogens is 2. The third-order valence-corrected chi connectivity index (χ3v) is 8.35. The molecule has 0 aliphatic carbocycles. The van der Waals surface area contributed by atoms with E-state index in [1.54, 1.807) is 29.8 Å². The zero-order chi connectivity index (χ0) is 31.7. The van der Waals surface area contributed by atoms with E-state index in [4.69, 9.17) is 14.2 Å². The standard InChI is InChI=1S/C37H34N2O6/c1-22-13-15-23(16-14-22)32(33-35(40)27-10-6-8-12-29(27)39(2)36(33)41)34-26(25-9-5-7-11-28(25)38-34)19-20-45-37(42)24-17-18-30(43-3)31(21-24)44-4/h5-18,21,32,38,40H,19-20H2,1-4H3. The average Bonchev–Trinajstić information content (AvgIpc) is 3.43. The number of hydrogen-bond acceptors (Lipinski definition) is 6. The summed E-state index contributed by atoms with van der Waals surface area (Å²) in [5.74, 6) is -0.221. The highest BCUT2D eigenvalue weighted by atomic mass is 16.5. The van der Waals surface area contributed by atoms with Crippen LogP contribution in [0.4, 0.5) is 0 Å². The molecule has 6 rings (SSSR count). The number of aromatic amines is 1. The minimum absolute atomic E-state index is 0.0521. The van der Waals surface area contributed by atoms with Crippen molar-refractivity contribution in [3.05, 3.63) is 135 Å². The number of para-hydroxylation sites is 2. The molecule has 2 N–H and O–H groups in total. The lowest BCUT2D eigenvalue weighted by Gasteiger charge is -2.22. The highest BCUT2D eigenvalue weighted by Gasteiger charge is 2.30. The normalized spacial score (nSPS) is 11.9. The van der Waals surface area contributed by atoms with Crippen LogP contribution in [0.25, 0.3) is 21.8 Å². The molecular weight excluding hydrogens is 568 g/mol. The third kappa shape index (κ3) is 5.40. The molecule has 0 saturated heterocycles. The predicted octanol–water partition coefficient (Wildman–Crippen LogP) is 6.63. The number of methoxy groups -OCH3 is 2. The fourth-order valence-corrected chi connectivity index (χ4v) is 6.03. The number of ether oxygens (including phenoxy) is 3. The number of fused-ring (bicyclic) bond motifs is 2. The minimum Gasteiger partial charge on any atom is -0.507 e. The van der Waals surface area contributed by atoms with E-state index in [2.05, 4.69) is 4.98 Å². The Morgan fingerprint density at radius 1 is 0.889 bits per heavy atom. The lowest BCUT2D eigenvalue weighted by Crippen LogP contribution is -2.25. The number of aryl methyl sites for hydroxylation is 2. The summed E-state index contributed by atoms with van der Waals surface area (Å²) in [4.78, 5) is 30.7. The number of H-pyrrole nitrogens is 1. The van der Waals surface area contributed by atoms with Crippen LogP contribution >= 0.6 is 0 Å². The van der Waals surface area contributed by atoms with E-state index >= 15 is 0 Å². The van der Waals surface area contributed by atoms with Crippen molar-refractivity contribution in [2.45, 2.75) is 19.3 Å². The molecule has 4 aromatic carbocycles. The molecular formula is C37H34N2O6. The van der Waals surface area contributed by atoms with Crippen LogP contribution in [0, 0.1) is 6.92 Å². The second-order valence-corrected chi connectivity index (χ2v) is 11.0. The van der Waals surface area contributed by atoms with E-state index in [1.807, 2.05) is 79.7 Å². The van der Waals surface area contributed by atoms with Gasteiger partial charge in [0.1, 0.15) is 5.75 Å². The van der Waals surface area contributed by atoms with E-state index in [1.165, 1.54) is 14.2 Å². The van der Waals surface area contributed by atoms with Crippen LogP contribution in [0.2, 0.25) is 0 Å². The Balaban J connectivity index is 1.45. The molecule has 1 atom stereocenters.